The highest BCUT2D eigenvalue weighted by molar-refractivity contribution is 5.79. The maximum Gasteiger partial charge on any atom is 0.223 e. The summed E-state index contributed by atoms with van der Waals surface area (Å²) in [5, 5.41) is 0. The van der Waals surface area contributed by atoms with Crippen molar-refractivity contribution in [1.29, 1.82) is 0 Å². The third-order valence-corrected chi connectivity index (χ3v) is 5.57. The number of likely N-dealkylation sites (tertiary alicyclic amines) is 2. The first-order valence-corrected chi connectivity index (χ1v) is 9.01. The van der Waals surface area contributed by atoms with Crippen molar-refractivity contribution in [2.45, 2.75) is 39.3 Å². The summed E-state index contributed by atoms with van der Waals surface area (Å²) in [5.41, 5.74) is 2.45. The van der Waals surface area contributed by atoms with Crippen molar-refractivity contribution in [3.63, 3.8) is 0 Å². The Balaban J connectivity index is 1.34. The van der Waals surface area contributed by atoms with E-state index in [0.29, 0.717) is 18.9 Å². The van der Waals surface area contributed by atoms with Gasteiger partial charge in [0.15, 0.2) is 0 Å². The molecule has 6 nitrogen and oxygen atoms in total. The number of nitrogens with one attached hydrogen (secondary N) is 1. The van der Waals surface area contributed by atoms with Gasteiger partial charge in [0.05, 0.1) is 0 Å². The van der Waals surface area contributed by atoms with Gasteiger partial charge in [-0.3, -0.25) is 14.7 Å². The molecule has 0 atom stereocenters. The number of carbonyl (C=O) groups excluding carboxylic acids is 1. The van der Waals surface area contributed by atoms with E-state index in [1.165, 1.54) is 5.69 Å². The first-order valence-electron chi connectivity index (χ1n) is 9.01. The van der Waals surface area contributed by atoms with Gasteiger partial charge in [-0.15, -0.1) is 0 Å². The lowest BCUT2D eigenvalue weighted by molar-refractivity contribution is -0.128. The smallest absolute Gasteiger partial charge is 0.223 e. The lowest BCUT2D eigenvalue weighted by atomic mass is 9.77. The van der Waals surface area contributed by atoms with Gasteiger partial charge < -0.3 is 9.88 Å². The summed E-state index contributed by atoms with van der Waals surface area (Å²) in [7, 11) is 0. The summed E-state index contributed by atoms with van der Waals surface area (Å²) in [6.07, 6.45) is 8.43. The number of hydrogen-bond acceptors (Lipinski definition) is 4. The molecule has 2 fully saturated rings. The number of aromatic amines is 1. The van der Waals surface area contributed by atoms with Crippen LogP contribution in [-0.4, -0.2) is 50.3 Å². The van der Waals surface area contributed by atoms with Gasteiger partial charge in [-0.25, -0.2) is 4.98 Å². The van der Waals surface area contributed by atoms with Crippen LogP contribution in [0.15, 0.2) is 30.7 Å². The van der Waals surface area contributed by atoms with Gasteiger partial charge in [0.25, 0.3) is 0 Å². The minimum absolute atomic E-state index is 0.166. The van der Waals surface area contributed by atoms with Crippen molar-refractivity contribution in [2.24, 2.45) is 5.41 Å². The van der Waals surface area contributed by atoms with Crippen LogP contribution in [0.5, 0.6) is 0 Å². The second kappa shape index (κ2) is 6.59. The fourth-order valence-electron chi connectivity index (χ4n) is 4.15. The number of imidazole rings is 1. The first kappa shape index (κ1) is 16.3. The Kier molecular flexibility index (Phi) is 4.29. The molecule has 2 aromatic rings. The number of aromatic nitrogens is 3. The predicted octanol–water partition coefficient (Wildman–Crippen LogP) is 2.13. The number of rotatable bonds is 4. The summed E-state index contributed by atoms with van der Waals surface area (Å²) >= 11 is 0. The molecule has 4 rings (SSSR count). The zero-order valence-corrected chi connectivity index (χ0v) is 14.7. The van der Waals surface area contributed by atoms with E-state index in [0.717, 1.165) is 50.4 Å². The lowest BCUT2D eigenvalue weighted by Gasteiger charge is -2.38. The Morgan fingerprint density at radius 3 is 2.76 bits per heavy atom. The molecule has 1 amide bonds. The van der Waals surface area contributed by atoms with Crippen LogP contribution in [0.4, 0.5) is 0 Å². The molecule has 0 radical (unpaired) electrons. The van der Waals surface area contributed by atoms with Gasteiger partial charge in [-0.2, -0.15) is 0 Å². The molecule has 0 saturated carbocycles. The SMILES string of the molecule is Cc1ncc(CN2CCC3(CC2)CC(=O)N(Cc2cccnc2)C3)[nH]1. The van der Waals surface area contributed by atoms with Gasteiger partial charge in [-0.1, -0.05) is 6.07 Å². The molecule has 0 bridgehead atoms. The van der Waals surface area contributed by atoms with Crippen LogP contribution in [0, 0.1) is 12.3 Å². The number of amides is 1. The highest BCUT2D eigenvalue weighted by Gasteiger charge is 2.44. The second-order valence-corrected chi connectivity index (χ2v) is 7.56. The highest BCUT2D eigenvalue weighted by Crippen LogP contribution is 2.41. The molecule has 2 aliphatic rings. The zero-order valence-electron chi connectivity index (χ0n) is 14.7. The van der Waals surface area contributed by atoms with Crippen LogP contribution < -0.4 is 0 Å². The summed E-state index contributed by atoms with van der Waals surface area (Å²) in [4.78, 5) is 28.7. The van der Waals surface area contributed by atoms with Gasteiger partial charge in [0.2, 0.25) is 5.91 Å². The van der Waals surface area contributed by atoms with Crippen LogP contribution in [0.1, 0.15) is 36.3 Å². The van der Waals surface area contributed by atoms with E-state index in [1.54, 1.807) is 6.20 Å². The summed E-state index contributed by atoms with van der Waals surface area (Å²) in [6, 6.07) is 3.97. The maximum absolute atomic E-state index is 12.5. The van der Waals surface area contributed by atoms with E-state index in [-0.39, 0.29) is 5.41 Å². The maximum atomic E-state index is 12.5. The number of H-pyrrole nitrogens is 1. The molecule has 2 aliphatic heterocycles. The van der Waals surface area contributed by atoms with Crippen molar-refractivity contribution in [2.75, 3.05) is 19.6 Å². The Morgan fingerprint density at radius 2 is 2.08 bits per heavy atom. The highest BCUT2D eigenvalue weighted by atomic mass is 16.2. The number of piperidine rings is 1. The number of carbonyl (C=O) groups is 1. The Labute approximate surface area is 148 Å². The van der Waals surface area contributed by atoms with E-state index >= 15 is 0 Å². The molecule has 6 heteroatoms. The number of aryl methyl sites for hydroxylation is 1. The van der Waals surface area contributed by atoms with Gasteiger partial charge >= 0.3 is 0 Å². The number of nitrogens with zero attached hydrogens (tertiary/aromatic N) is 4. The van der Waals surface area contributed by atoms with Crippen LogP contribution in [0.2, 0.25) is 0 Å². The Morgan fingerprint density at radius 1 is 1.24 bits per heavy atom. The molecule has 2 aromatic heterocycles. The van der Waals surface area contributed by atoms with Gasteiger partial charge in [0.1, 0.15) is 5.82 Å². The monoisotopic (exact) mass is 339 g/mol. The van der Waals surface area contributed by atoms with Crippen molar-refractivity contribution in [3.05, 3.63) is 47.8 Å². The molecule has 4 heterocycles. The number of hydrogen-bond donors (Lipinski definition) is 1. The van der Waals surface area contributed by atoms with E-state index < -0.39 is 0 Å². The molecule has 1 N–H and O–H groups in total. The third kappa shape index (κ3) is 3.58. The average molecular weight is 339 g/mol. The van der Waals surface area contributed by atoms with Gasteiger partial charge in [0, 0.05) is 50.3 Å². The van der Waals surface area contributed by atoms with Crippen molar-refractivity contribution >= 4 is 5.91 Å². The molecular weight excluding hydrogens is 314 g/mol. The zero-order chi connectivity index (χ0) is 17.3. The van der Waals surface area contributed by atoms with Crippen LogP contribution >= 0.6 is 0 Å². The Hall–Kier alpha value is -2.21. The van der Waals surface area contributed by atoms with E-state index in [4.69, 9.17) is 0 Å². The molecular formula is C19H25N5O. The molecule has 1 spiro atoms. The Bertz CT molecular complexity index is 733. The summed E-state index contributed by atoms with van der Waals surface area (Å²) < 4.78 is 0. The topological polar surface area (TPSA) is 65.1 Å². The van der Waals surface area contributed by atoms with E-state index in [2.05, 4.69) is 19.9 Å². The normalized spacial score (nSPS) is 20.5. The molecule has 2 saturated heterocycles. The van der Waals surface area contributed by atoms with E-state index in [1.807, 2.05) is 36.4 Å². The van der Waals surface area contributed by atoms with Crippen molar-refractivity contribution < 1.29 is 4.79 Å². The molecule has 25 heavy (non-hydrogen) atoms. The van der Waals surface area contributed by atoms with Gasteiger partial charge in [-0.05, 0) is 49.9 Å². The van der Waals surface area contributed by atoms with Crippen LogP contribution in [0.25, 0.3) is 0 Å². The third-order valence-electron chi connectivity index (χ3n) is 5.57. The van der Waals surface area contributed by atoms with Crippen molar-refractivity contribution in [3.8, 4) is 0 Å². The first-order chi connectivity index (χ1) is 12.1. The fraction of sp³-hybridized carbons (Fsp3) is 0.526. The van der Waals surface area contributed by atoms with E-state index in [9.17, 15) is 4.79 Å². The molecule has 0 aromatic carbocycles. The molecule has 0 aliphatic carbocycles. The predicted molar refractivity (Wildman–Crippen MR) is 94.5 cm³/mol. The minimum Gasteiger partial charge on any atom is -0.345 e. The fourth-order valence-corrected chi connectivity index (χ4v) is 4.15. The number of pyridine rings is 1. The largest absolute Gasteiger partial charge is 0.345 e. The molecule has 132 valence electrons. The van der Waals surface area contributed by atoms with Crippen LogP contribution in [0.3, 0.4) is 0 Å². The minimum atomic E-state index is 0.166. The lowest BCUT2D eigenvalue weighted by Crippen LogP contribution is -2.41. The van der Waals surface area contributed by atoms with Crippen LogP contribution in [-0.2, 0) is 17.9 Å². The summed E-state index contributed by atoms with van der Waals surface area (Å²) in [6.45, 7) is 6.57. The quantitative estimate of drug-likeness (QED) is 0.927. The summed E-state index contributed by atoms with van der Waals surface area (Å²) in [5.74, 6) is 1.26. The molecule has 0 unspecified atom stereocenters. The standard InChI is InChI=1S/C19H25N5O/c1-15-21-11-17(22-15)13-23-7-4-19(5-8-23)9-18(25)24(14-19)12-16-3-2-6-20-10-16/h2-3,6,10-11H,4-5,7-9,12-14H2,1H3,(H,21,22). The average Bonchev–Trinajstić information content (AvgIpc) is 3.15. The van der Waals surface area contributed by atoms with Crippen molar-refractivity contribution in [1.82, 2.24) is 24.8 Å². The second-order valence-electron chi connectivity index (χ2n) is 7.56.